The second-order valence-electron chi connectivity index (χ2n) is 19.1. The van der Waals surface area contributed by atoms with E-state index in [0.29, 0.717) is 43.8 Å². The average Bonchev–Trinajstić information content (AvgIpc) is 3.81. The number of nitrogens with zero attached hydrogens (tertiary/aromatic N) is 4. The van der Waals surface area contributed by atoms with E-state index in [2.05, 4.69) is 32.9 Å². The van der Waals surface area contributed by atoms with Gasteiger partial charge in [-0.25, -0.2) is 13.4 Å². The number of ether oxygens (including phenoxy) is 6. The number of pyridine rings is 1. The predicted molar refractivity (Wildman–Crippen MR) is 250 cm³/mol. The number of aliphatic hydroxyl groups is 5. The maximum atomic E-state index is 14.1. The number of rotatable bonds is 23. The number of carboxylic acids is 1. The fourth-order valence-electron chi connectivity index (χ4n) is 9.81. The molecule has 4 fully saturated rings. The van der Waals surface area contributed by atoms with Gasteiger partial charge in [-0.3, -0.25) is 23.6 Å². The molecule has 76 heavy (non-hydrogen) atoms. The molecule has 2 aliphatic heterocycles. The van der Waals surface area contributed by atoms with Crippen LogP contribution in [0.5, 0.6) is 5.88 Å². The van der Waals surface area contributed by atoms with Gasteiger partial charge in [0.25, 0.3) is 5.91 Å². The SMILES string of the molecule is O=S(=O)([O-])O.[CH2-]CCn1cc(COc2ccc(C(=O)NCCCC(=O)C3CC(CC)[C@@H](O[C@@H]4OC(C)[C@@H](O)[C@H](O)C4O)[C@H](O[C@@H]4O[C@@H](CO)[C@H](O)C(O[C@@H](CC5CCCCC5)C(=O)[O-])C4NC(C)=O)C3)cn2)nn1.[Na+].[Na+]. The summed E-state index contributed by atoms with van der Waals surface area (Å²) in [5.74, 6) is -3.39. The summed E-state index contributed by atoms with van der Waals surface area (Å²) >= 11 is 0. The standard InChI is InChI=1S/C47H71N6O16.2Na.H2O4S/c1-5-17-53-22-31(51-52-53)24-64-36-15-14-29(21-49-36)44(61)48-16-10-13-32(56)30-19-28(6-2)42(69-47-41(60)40(59)38(57)25(3)65-47)33(20-30)67-46-37(50-26(4)55)43(39(58)35(23-54)68-46)66-34(45(62)63)18-27-11-8-7-9-12-27;;;1-5(2,3)4/h14-15,21-22,25,27-28,30,33-35,37-43,46-47,54,57-60H,1,5-13,16-20,23-24H2,2-4H3,(H,48,61)(H,50,55)(H,62,63);;;(H2,1,2,3,4)/q-1;2*+1;/p-2/t25?,28?,30?,33-,34+,35+,37?,38-,39+,40+,41?,42-,43?,46-,47+;;;/m1.../s1. The maximum Gasteiger partial charge on any atom is 1.00 e. The molecular formula is C47H71N6Na2O20S-. The zero-order valence-electron chi connectivity index (χ0n) is 43.7. The number of nitrogens with one attached hydrogen (secondary N) is 2. The van der Waals surface area contributed by atoms with Gasteiger partial charge in [0.2, 0.25) is 22.2 Å². The number of hydrogen-bond acceptors (Lipinski definition) is 22. The number of carbonyl (C=O) groups is 4. The van der Waals surface area contributed by atoms with Gasteiger partial charge in [0.1, 0.15) is 60.7 Å². The van der Waals surface area contributed by atoms with Crippen LogP contribution in [-0.4, -0.2) is 179 Å². The molecule has 4 aliphatic rings. The van der Waals surface area contributed by atoms with Gasteiger partial charge in [0, 0.05) is 44.6 Å². The van der Waals surface area contributed by atoms with E-state index in [1.165, 1.54) is 20.0 Å². The molecule has 8 N–H and O–H groups in total. The van der Waals surface area contributed by atoms with Gasteiger partial charge < -0.3 is 86.0 Å². The first-order valence-electron chi connectivity index (χ1n) is 24.9. The van der Waals surface area contributed by atoms with Gasteiger partial charge in [-0.1, -0.05) is 50.7 Å². The summed E-state index contributed by atoms with van der Waals surface area (Å²) in [5, 5.41) is 80.1. The number of amides is 2. The molecule has 0 radical (unpaired) electrons. The second-order valence-corrected chi connectivity index (χ2v) is 20.0. The van der Waals surface area contributed by atoms with Gasteiger partial charge in [0.15, 0.2) is 12.6 Å². The number of aliphatic hydroxyl groups excluding tert-OH is 5. The number of hydrogen-bond donors (Lipinski definition) is 8. The van der Waals surface area contributed by atoms with Crippen molar-refractivity contribution >= 4 is 34.0 Å². The van der Waals surface area contributed by atoms with Gasteiger partial charge >= 0.3 is 59.1 Å². The average molecular weight is 1120 g/mol. The molecule has 2 saturated carbocycles. The minimum Gasteiger partial charge on any atom is -0.726 e. The molecule has 2 aromatic heterocycles. The molecule has 0 bridgehead atoms. The number of aryl methyl sites for hydroxylation is 1. The molecule has 2 amide bonds. The van der Waals surface area contributed by atoms with Crippen LogP contribution in [0.2, 0.25) is 0 Å². The quantitative estimate of drug-likeness (QED) is 0.0168. The Kier molecular flexibility index (Phi) is 29.3. The Hall–Kier alpha value is -2.36. The summed E-state index contributed by atoms with van der Waals surface area (Å²) in [6.45, 7) is 8.58. The third-order valence-corrected chi connectivity index (χ3v) is 13.6. The summed E-state index contributed by atoms with van der Waals surface area (Å²) < 4.78 is 71.3. The molecule has 2 aliphatic carbocycles. The zero-order valence-corrected chi connectivity index (χ0v) is 48.5. The molecule has 0 spiro atoms. The first-order chi connectivity index (χ1) is 35.1. The van der Waals surface area contributed by atoms with Crippen molar-refractivity contribution < 1.29 is 155 Å². The summed E-state index contributed by atoms with van der Waals surface area (Å²) in [7, 11) is -4.92. The molecule has 6 unspecified atom stereocenters. The van der Waals surface area contributed by atoms with Crippen molar-refractivity contribution in [3.8, 4) is 5.88 Å². The number of ketones is 1. The van der Waals surface area contributed by atoms with E-state index < -0.39 is 126 Å². The van der Waals surface area contributed by atoms with Crippen molar-refractivity contribution in [2.75, 3.05) is 13.2 Å². The number of carboxylic acid groups (broad SMARTS) is 1. The van der Waals surface area contributed by atoms with E-state index in [4.69, 9.17) is 45.9 Å². The largest absolute Gasteiger partial charge is 1.00 e. The van der Waals surface area contributed by atoms with Crippen LogP contribution in [0.25, 0.3) is 0 Å². The van der Waals surface area contributed by atoms with Crippen molar-refractivity contribution in [3.05, 3.63) is 42.7 Å². The molecule has 418 valence electrons. The van der Waals surface area contributed by atoms with Crippen LogP contribution < -0.4 is 79.6 Å². The van der Waals surface area contributed by atoms with Crippen LogP contribution in [0.4, 0.5) is 0 Å². The van der Waals surface area contributed by atoms with Crippen LogP contribution in [-0.2, 0) is 61.6 Å². The Balaban J connectivity index is 0.00000207. The number of Topliss-reactive ketones (excluding diaryl/α,β-unsaturated/α-hetero) is 1. The van der Waals surface area contributed by atoms with E-state index in [1.807, 2.05) is 6.92 Å². The molecule has 15 atom stereocenters. The molecule has 6 rings (SSSR count). The van der Waals surface area contributed by atoms with Gasteiger partial charge in [-0.2, -0.15) is 6.42 Å². The van der Waals surface area contributed by atoms with Crippen LogP contribution in [0, 0.1) is 24.7 Å². The van der Waals surface area contributed by atoms with E-state index in [0.717, 1.165) is 32.1 Å². The Morgan fingerprint density at radius 2 is 1.67 bits per heavy atom. The second kappa shape index (κ2) is 32.8. The monoisotopic (exact) mass is 1120 g/mol. The Morgan fingerprint density at radius 3 is 2.28 bits per heavy atom. The van der Waals surface area contributed by atoms with Gasteiger partial charge in [-0.15, -0.1) is 5.10 Å². The minimum absolute atomic E-state index is 0. The van der Waals surface area contributed by atoms with Crippen molar-refractivity contribution in [2.45, 2.75) is 191 Å². The number of aliphatic carboxylic acids is 1. The van der Waals surface area contributed by atoms with Crippen molar-refractivity contribution in [3.63, 3.8) is 0 Å². The molecular weight excluding hydrogens is 1050 g/mol. The van der Waals surface area contributed by atoms with Crippen LogP contribution >= 0.6 is 0 Å². The van der Waals surface area contributed by atoms with Crippen LogP contribution in [0.15, 0.2) is 24.5 Å². The Bertz CT molecular complexity index is 2210. The molecule has 2 aromatic rings. The molecule has 29 heteroatoms. The molecule has 0 aromatic carbocycles. The van der Waals surface area contributed by atoms with E-state index in [9.17, 15) is 49.8 Å². The summed E-state index contributed by atoms with van der Waals surface area (Å²) in [6.07, 6.45) is -7.07. The first kappa shape index (κ1) is 67.9. The topological polar surface area (TPSA) is 393 Å². The van der Waals surface area contributed by atoms with E-state index in [-0.39, 0.29) is 109 Å². The summed E-state index contributed by atoms with van der Waals surface area (Å²) in [5.41, 5.74) is 0.898. The van der Waals surface area contributed by atoms with Gasteiger partial charge in [-0.05, 0) is 50.5 Å². The summed E-state index contributed by atoms with van der Waals surface area (Å²) in [6, 6.07) is 1.78. The zero-order chi connectivity index (χ0) is 54.3. The smallest absolute Gasteiger partial charge is 0.726 e. The van der Waals surface area contributed by atoms with Crippen molar-refractivity contribution in [1.29, 1.82) is 0 Å². The Labute approximate surface area is 486 Å². The van der Waals surface area contributed by atoms with Crippen LogP contribution in [0.1, 0.15) is 114 Å². The third kappa shape index (κ3) is 20.6. The van der Waals surface area contributed by atoms with Crippen molar-refractivity contribution in [1.82, 2.24) is 30.6 Å². The fourth-order valence-corrected chi connectivity index (χ4v) is 9.81. The third-order valence-electron chi connectivity index (χ3n) is 13.6. The molecule has 2 saturated heterocycles. The fraction of sp³-hybridized carbons (Fsp3) is 0.745. The van der Waals surface area contributed by atoms with Crippen molar-refractivity contribution in [2.24, 2.45) is 17.8 Å². The number of aromatic nitrogens is 4. The molecule has 26 nitrogen and oxygen atoms in total. The normalized spacial score (nSPS) is 30.2. The number of carbonyl (C=O) groups excluding carboxylic acids is 4. The van der Waals surface area contributed by atoms with Crippen LogP contribution in [0.3, 0.4) is 0 Å². The Morgan fingerprint density at radius 1 is 0.974 bits per heavy atom. The summed E-state index contributed by atoms with van der Waals surface area (Å²) in [4.78, 5) is 56.6. The van der Waals surface area contributed by atoms with E-state index in [1.54, 1.807) is 23.0 Å². The van der Waals surface area contributed by atoms with Gasteiger partial charge in [0.05, 0.1) is 48.8 Å². The first-order valence-corrected chi connectivity index (χ1v) is 26.3. The predicted octanol–water partition coefficient (Wildman–Crippen LogP) is -7.34. The molecule has 4 heterocycles. The minimum atomic E-state index is -4.92. The van der Waals surface area contributed by atoms with E-state index >= 15 is 0 Å². The maximum absolute atomic E-state index is 14.1.